The van der Waals surface area contributed by atoms with Crippen molar-refractivity contribution in [3.8, 4) is 0 Å². The Kier molecular flexibility index (Phi) is 6.51. The molecule has 7 nitrogen and oxygen atoms in total. The first-order valence-electron chi connectivity index (χ1n) is 10.9. The van der Waals surface area contributed by atoms with E-state index in [1.807, 2.05) is 36.1 Å². The van der Waals surface area contributed by atoms with Gasteiger partial charge in [-0.25, -0.2) is 0 Å². The number of aryl methyl sites for hydroxylation is 1. The highest BCUT2D eigenvalue weighted by Crippen LogP contribution is 2.30. The van der Waals surface area contributed by atoms with Crippen LogP contribution in [0.4, 0.5) is 11.4 Å². The van der Waals surface area contributed by atoms with Crippen molar-refractivity contribution in [2.45, 2.75) is 25.7 Å². The molecule has 2 fully saturated rings. The second-order valence-electron chi connectivity index (χ2n) is 8.41. The number of hydrogen-bond donors (Lipinski definition) is 1. The van der Waals surface area contributed by atoms with Crippen molar-refractivity contribution in [2.75, 3.05) is 50.1 Å². The third-order valence-corrected chi connectivity index (χ3v) is 6.34. The average Bonchev–Trinajstić information content (AvgIpc) is 2.75. The van der Waals surface area contributed by atoms with Gasteiger partial charge in [0.05, 0.1) is 17.3 Å². The standard InChI is InChI=1S/C24H30N4O3/c1-17-22(4-3-11-25-17)28-14-20(15-28)24(30)26-21-7-5-18(6-8-21)19-9-12-27(13-10-19)23(29)16-31-2/h3-8,11,19-20H,9-10,12-16H2,1-2H3,(H,26,30). The van der Waals surface area contributed by atoms with E-state index >= 15 is 0 Å². The van der Waals surface area contributed by atoms with Crippen LogP contribution in [0.15, 0.2) is 42.6 Å². The maximum Gasteiger partial charge on any atom is 0.248 e. The Hall–Kier alpha value is -2.93. The topological polar surface area (TPSA) is 74.8 Å². The van der Waals surface area contributed by atoms with Gasteiger partial charge in [0.25, 0.3) is 0 Å². The summed E-state index contributed by atoms with van der Waals surface area (Å²) in [6.07, 6.45) is 3.69. The Morgan fingerprint density at radius 1 is 1.13 bits per heavy atom. The van der Waals surface area contributed by atoms with Crippen LogP contribution >= 0.6 is 0 Å². The fourth-order valence-electron chi connectivity index (χ4n) is 4.41. The highest BCUT2D eigenvalue weighted by molar-refractivity contribution is 5.94. The quantitative estimate of drug-likeness (QED) is 0.775. The first kappa shape index (κ1) is 21.3. The summed E-state index contributed by atoms with van der Waals surface area (Å²) in [5.74, 6) is 0.565. The second kappa shape index (κ2) is 9.47. The van der Waals surface area contributed by atoms with Crippen LogP contribution in [0.5, 0.6) is 0 Å². The van der Waals surface area contributed by atoms with Gasteiger partial charge in [0.1, 0.15) is 6.61 Å². The molecule has 164 valence electrons. The number of aromatic nitrogens is 1. The monoisotopic (exact) mass is 422 g/mol. The Morgan fingerprint density at radius 3 is 2.48 bits per heavy atom. The van der Waals surface area contributed by atoms with E-state index in [1.54, 1.807) is 13.3 Å². The highest BCUT2D eigenvalue weighted by Gasteiger charge is 2.33. The number of ether oxygens (including phenoxy) is 1. The van der Waals surface area contributed by atoms with Crippen molar-refractivity contribution in [3.63, 3.8) is 0 Å². The number of pyridine rings is 1. The van der Waals surface area contributed by atoms with E-state index < -0.39 is 0 Å². The Balaban J connectivity index is 1.25. The summed E-state index contributed by atoms with van der Waals surface area (Å²) in [7, 11) is 1.55. The number of rotatable bonds is 6. The first-order chi connectivity index (χ1) is 15.0. The van der Waals surface area contributed by atoms with E-state index in [0.717, 1.165) is 56.1 Å². The van der Waals surface area contributed by atoms with E-state index in [2.05, 4.69) is 27.3 Å². The van der Waals surface area contributed by atoms with Crippen molar-refractivity contribution < 1.29 is 14.3 Å². The van der Waals surface area contributed by atoms with Gasteiger partial charge < -0.3 is 19.9 Å². The average molecular weight is 423 g/mol. The molecule has 0 spiro atoms. The summed E-state index contributed by atoms with van der Waals surface area (Å²) in [5.41, 5.74) is 4.19. The van der Waals surface area contributed by atoms with Gasteiger partial charge in [0.15, 0.2) is 0 Å². The van der Waals surface area contributed by atoms with Crippen LogP contribution < -0.4 is 10.2 Å². The van der Waals surface area contributed by atoms with Gasteiger partial charge in [-0.2, -0.15) is 0 Å². The van der Waals surface area contributed by atoms with E-state index in [1.165, 1.54) is 5.56 Å². The zero-order chi connectivity index (χ0) is 21.8. The predicted molar refractivity (Wildman–Crippen MR) is 120 cm³/mol. The number of anilines is 2. The molecule has 1 N–H and O–H groups in total. The molecule has 2 aromatic rings. The molecule has 0 atom stereocenters. The number of likely N-dealkylation sites (tertiary alicyclic amines) is 1. The van der Waals surface area contributed by atoms with Crippen LogP contribution in [0, 0.1) is 12.8 Å². The zero-order valence-electron chi connectivity index (χ0n) is 18.2. The lowest BCUT2D eigenvalue weighted by molar-refractivity contribution is -0.136. The number of hydrogen-bond acceptors (Lipinski definition) is 5. The maximum absolute atomic E-state index is 12.6. The van der Waals surface area contributed by atoms with Crippen LogP contribution in [-0.4, -0.2) is 61.6 Å². The van der Waals surface area contributed by atoms with Crippen molar-refractivity contribution in [1.82, 2.24) is 9.88 Å². The molecule has 3 heterocycles. The van der Waals surface area contributed by atoms with Crippen LogP contribution in [0.1, 0.15) is 30.0 Å². The van der Waals surface area contributed by atoms with Gasteiger partial charge in [-0.15, -0.1) is 0 Å². The minimum absolute atomic E-state index is 0.00625. The zero-order valence-corrected chi connectivity index (χ0v) is 18.2. The van der Waals surface area contributed by atoms with E-state index in [9.17, 15) is 9.59 Å². The summed E-state index contributed by atoms with van der Waals surface area (Å²) >= 11 is 0. The van der Waals surface area contributed by atoms with Crippen LogP contribution in [0.25, 0.3) is 0 Å². The lowest BCUT2D eigenvalue weighted by atomic mass is 9.89. The molecule has 1 aromatic heterocycles. The summed E-state index contributed by atoms with van der Waals surface area (Å²) < 4.78 is 4.94. The second-order valence-corrected chi connectivity index (χ2v) is 8.41. The lowest BCUT2D eigenvalue weighted by Gasteiger charge is -2.40. The molecule has 0 aliphatic carbocycles. The third kappa shape index (κ3) is 4.88. The molecule has 7 heteroatoms. The maximum atomic E-state index is 12.6. The minimum atomic E-state index is -0.00625. The highest BCUT2D eigenvalue weighted by atomic mass is 16.5. The summed E-state index contributed by atoms with van der Waals surface area (Å²) in [5, 5.41) is 3.05. The van der Waals surface area contributed by atoms with Crippen molar-refractivity contribution in [1.29, 1.82) is 0 Å². The predicted octanol–water partition coefficient (Wildman–Crippen LogP) is 2.82. The Morgan fingerprint density at radius 2 is 1.84 bits per heavy atom. The Labute approximate surface area is 183 Å². The molecule has 0 unspecified atom stereocenters. The van der Waals surface area contributed by atoms with Gasteiger partial charge in [-0.05, 0) is 55.5 Å². The molecule has 1 aromatic carbocycles. The fraction of sp³-hybridized carbons (Fsp3) is 0.458. The number of carbonyl (C=O) groups is 2. The van der Waals surface area contributed by atoms with Crippen LogP contribution in [0.2, 0.25) is 0 Å². The SMILES string of the molecule is COCC(=O)N1CCC(c2ccc(NC(=O)C3CN(c4cccnc4C)C3)cc2)CC1. The molecule has 4 rings (SSSR count). The molecule has 2 saturated heterocycles. The van der Waals surface area contributed by atoms with Crippen molar-refractivity contribution in [2.24, 2.45) is 5.92 Å². The number of nitrogens with zero attached hydrogens (tertiary/aromatic N) is 3. The van der Waals surface area contributed by atoms with Gasteiger partial charge in [0, 0.05) is 45.2 Å². The van der Waals surface area contributed by atoms with E-state index in [-0.39, 0.29) is 24.3 Å². The minimum Gasteiger partial charge on any atom is -0.375 e. The number of nitrogens with one attached hydrogen (secondary N) is 1. The number of amides is 2. The summed E-state index contributed by atoms with van der Waals surface area (Å²) in [6, 6.07) is 12.1. The largest absolute Gasteiger partial charge is 0.375 e. The molecule has 2 aliphatic heterocycles. The van der Waals surface area contributed by atoms with Gasteiger partial charge in [-0.3, -0.25) is 14.6 Å². The molecule has 2 aliphatic rings. The Bertz CT molecular complexity index is 917. The van der Waals surface area contributed by atoms with Gasteiger partial charge in [-0.1, -0.05) is 12.1 Å². The number of methoxy groups -OCH3 is 1. The molecule has 31 heavy (non-hydrogen) atoms. The number of piperidine rings is 1. The molecule has 0 radical (unpaired) electrons. The number of carbonyl (C=O) groups excluding carboxylic acids is 2. The van der Waals surface area contributed by atoms with Crippen LogP contribution in [0.3, 0.4) is 0 Å². The first-order valence-corrected chi connectivity index (χ1v) is 10.9. The van der Waals surface area contributed by atoms with E-state index in [4.69, 9.17) is 4.74 Å². The van der Waals surface area contributed by atoms with E-state index in [0.29, 0.717) is 5.92 Å². The molecular weight excluding hydrogens is 392 g/mol. The third-order valence-electron chi connectivity index (χ3n) is 6.34. The molecule has 0 saturated carbocycles. The molecule has 2 amide bonds. The number of benzene rings is 1. The fourth-order valence-corrected chi connectivity index (χ4v) is 4.41. The molecular formula is C24H30N4O3. The summed E-state index contributed by atoms with van der Waals surface area (Å²) in [6.45, 7) is 5.11. The summed E-state index contributed by atoms with van der Waals surface area (Å²) in [4.78, 5) is 32.9. The van der Waals surface area contributed by atoms with Crippen molar-refractivity contribution >= 4 is 23.2 Å². The van der Waals surface area contributed by atoms with Gasteiger partial charge >= 0.3 is 0 Å². The molecule has 0 bridgehead atoms. The normalized spacial score (nSPS) is 17.4. The van der Waals surface area contributed by atoms with Gasteiger partial charge in [0.2, 0.25) is 11.8 Å². The van der Waals surface area contributed by atoms with Crippen LogP contribution in [-0.2, 0) is 14.3 Å². The van der Waals surface area contributed by atoms with Crippen molar-refractivity contribution in [3.05, 3.63) is 53.9 Å². The smallest absolute Gasteiger partial charge is 0.248 e. The lowest BCUT2D eigenvalue weighted by Crippen LogP contribution is -2.52.